The average molecular weight is 340 g/mol. The van der Waals surface area contributed by atoms with Crippen molar-refractivity contribution in [3.8, 4) is 0 Å². The minimum absolute atomic E-state index is 0.00257. The molecule has 1 amide bonds. The molecule has 1 unspecified atom stereocenters. The predicted molar refractivity (Wildman–Crippen MR) is 82.4 cm³/mol. The van der Waals surface area contributed by atoms with Crippen molar-refractivity contribution in [2.45, 2.75) is 12.5 Å². The number of fused-ring (bicyclic) bond motifs is 1. The first kappa shape index (κ1) is 12.9. The molecule has 1 aromatic heterocycles. The van der Waals surface area contributed by atoms with Crippen LogP contribution in [0.3, 0.4) is 0 Å². The molecular formula is C13H14BrN3OS. The van der Waals surface area contributed by atoms with Gasteiger partial charge >= 0.3 is 0 Å². The zero-order chi connectivity index (χ0) is 13.6. The molecule has 3 rings (SSSR count). The Hall–Kier alpha value is -1.11. The van der Waals surface area contributed by atoms with Gasteiger partial charge in [-0.3, -0.25) is 4.79 Å². The van der Waals surface area contributed by atoms with E-state index in [0.717, 1.165) is 27.5 Å². The molecule has 100 valence electrons. The fourth-order valence-corrected chi connectivity index (χ4v) is 3.80. The van der Waals surface area contributed by atoms with Crippen LogP contribution < -0.4 is 11.5 Å². The Kier molecular flexibility index (Phi) is 3.24. The number of thiophene rings is 1. The molecule has 1 aliphatic rings. The molecule has 6 heteroatoms. The van der Waals surface area contributed by atoms with Gasteiger partial charge in [-0.25, -0.2) is 0 Å². The molecule has 1 aliphatic heterocycles. The van der Waals surface area contributed by atoms with E-state index in [1.54, 1.807) is 4.90 Å². The summed E-state index contributed by atoms with van der Waals surface area (Å²) in [5.41, 5.74) is 12.5. The Labute approximate surface area is 123 Å². The van der Waals surface area contributed by atoms with Gasteiger partial charge in [0, 0.05) is 33.7 Å². The number of rotatable bonds is 1. The largest absolute Gasteiger partial charge is 0.397 e. The monoisotopic (exact) mass is 339 g/mol. The van der Waals surface area contributed by atoms with Crippen LogP contribution in [0.4, 0.5) is 5.69 Å². The highest BCUT2D eigenvalue weighted by Gasteiger charge is 2.27. The van der Waals surface area contributed by atoms with Crippen LogP contribution >= 0.6 is 27.3 Å². The molecule has 0 saturated carbocycles. The van der Waals surface area contributed by atoms with E-state index in [-0.39, 0.29) is 11.9 Å². The maximum absolute atomic E-state index is 12.5. The van der Waals surface area contributed by atoms with Crippen LogP contribution in [0.1, 0.15) is 16.1 Å². The van der Waals surface area contributed by atoms with Gasteiger partial charge in [0.25, 0.3) is 5.91 Å². The summed E-state index contributed by atoms with van der Waals surface area (Å²) < 4.78 is 2.00. The summed E-state index contributed by atoms with van der Waals surface area (Å²) in [6.07, 6.45) is 0.863. The highest BCUT2D eigenvalue weighted by Crippen LogP contribution is 2.36. The van der Waals surface area contributed by atoms with Crippen LogP contribution in [0.15, 0.2) is 22.7 Å². The number of amides is 1. The van der Waals surface area contributed by atoms with Crippen molar-refractivity contribution >= 4 is 48.9 Å². The lowest BCUT2D eigenvalue weighted by molar-refractivity contribution is 0.0796. The minimum Gasteiger partial charge on any atom is -0.397 e. The van der Waals surface area contributed by atoms with E-state index in [9.17, 15) is 4.79 Å². The first-order valence-corrected chi connectivity index (χ1v) is 7.69. The quantitative estimate of drug-likeness (QED) is 0.837. The van der Waals surface area contributed by atoms with Gasteiger partial charge in [0.1, 0.15) is 4.88 Å². The summed E-state index contributed by atoms with van der Waals surface area (Å²) in [7, 11) is 0. The third kappa shape index (κ3) is 2.24. The number of hydrogen-bond donors (Lipinski definition) is 2. The minimum atomic E-state index is 0.00257. The lowest BCUT2D eigenvalue weighted by atomic mass is 10.2. The molecule has 1 fully saturated rings. The topological polar surface area (TPSA) is 72.4 Å². The Morgan fingerprint density at radius 1 is 1.47 bits per heavy atom. The standard InChI is InChI=1S/C13H14BrN3OS/c14-7-1-2-10-9(5-7)11(16)12(19-10)13(18)17-4-3-8(15)6-17/h1-2,5,8H,3-4,6,15-16H2. The molecule has 4 nitrogen and oxygen atoms in total. The fraction of sp³-hybridized carbons (Fsp3) is 0.308. The number of likely N-dealkylation sites (tertiary alicyclic amines) is 1. The maximum atomic E-state index is 12.5. The second-order valence-corrected chi connectivity index (χ2v) is 6.75. The molecule has 1 saturated heterocycles. The predicted octanol–water partition coefficient (Wildman–Crippen LogP) is 2.42. The number of carbonyl (C=O) groups is 1. The number of anilines is 1. The van der Waals surface area contributed by atoms with Gasteiger partial charge in [0.2, 0.25) is 0 Å². The highest BCUT2D eigenvalue weighted by atomic mass is 79.9. The van der Waals surface area contributed by atoms with Gasteiger partial charge < -0.3 is 16.4 Å². The lowest BCUT2D eigenvalue weighted by Crippen LogP contribution is -2.31. The van der Waals surface area contributed by atoms with Gasteiger partial charge in [0.05, 0.1) is 5.69 Å². The van der Waals surface area contributed by atoms with Gasteiger partial charge in [-0.1, -0.05) is 15.9 Å². The van der Waals surface area contributed by atoms with Crippen molar-refractivity contribution in [3.63, 3.8) is 0 Å². The van der Waals surface area contributed by atoms with Crippen LogP contribution in [0.2, 0.25) is 0 Å². The maximum Gasteiger partial charge on any atom is 0.266 e. The van der Waals surface area contributed by atoms with Crippen molar-refractivity contribution in [2.24, 2.45) is 5.73 Å². The van der Waals surface area contributed by atoms with Crippen LogP contribution in [0, 0.1) is 0 Å². The molecule has 0 spiro atoms. The van der Waals surface area contributed by atoms with Crippen LogP contribution in [-0.2, 0) is 0 Å². The van der Waals surface area contributed by atoms with E-state index < -0.39 is 0 Å². The van der Waals surface area contributed by atoms with E-state index in [4.69, 9.17) is 11.5 Å². The molecule has 2 heterocycles. The molecule has 1 atom stereocenters. The zero-order valence-electron chi connectivity index (χ0n) is 10.2. The summed E-state index contributed by atoms with van der Waals surface area (Å²) in [5, 5.41) is 0.936. The molecule has 0 bridgehead atoms. The van der Waals surface area contributed by atoms with E-state index in [0.29, 0.717) is 17.1 Å². The van der Waals surface area contributed by atoms with Gasteiger partial charge in [-0.15, -0.1) is 11.3 Å². The Bertz CT molecular complexity index is 655. The average Bonchev–Trinajstić information content (AvgIpc) is 2.94. The van der Waals surface area contributed by atoms with Crippen molar-refractivity contribution in [2.75, 3.05) is 18.8 Å². The SMILES string of the molecule is Nc1c(C(=O)N2CCC(N)C2)sc2ccc(Br)cc12. The lowest BCUT2D eigenvalue weighted by Gasteiger charge is -2.14. The third-order valence-corrected chi connectivity index (χ3v) is 5.06. The van der Waals surface area contributed by atoms with Crippen molar-refractivity contribution in [3.05, 3.63) is 27.5 Å². The summed E-state index contributed by atoms with van der Waals surface area (Å²) in [4.78, 5) is 14.9. The molecule has 0 aliphatic carbocycles. The summed E-state index contributed by atoms with van der Waals surface area (Å²) in [6.45, 7) is 1.34. The number of nitrogens with zero attached hydrogens (tertiary/aromatic N) is 1. The molecular weight excluding hydrogens is 326 g/mol. The molecule has 2 aromatic rings. The second kappa shape index (κ2) is 4.77. The van der Waals surface area contributed by atoms with E-state index in [2.05, 4.69) is 15.9 Å². The van der Waals surface area contributed by atoms with Gasteiger partial charge in [-0.2, -0.15) is 0 Å². The summed E-state index contributed by atoms with van der Waals surface area (Å²) >= 11 is 4.88. The van der Waals surface area contributed by atoms with Crippen molar-refractivity contribution in [1.29, 1.82) is 0 Å². The molecule has 0 radical (unpaired) electrons. The Morgan fingerprint density at radius 3 is 2.95 bits per heavy atom. The third-order valence-electron chi connectivity index (χ3n) is 3.39. The summed E-state index contributed by atoms with van der Waals surface area (Å²) in [6, 6.07) is 5.98. The fourth-order valence-electron chi connectivity index (χ4n) is 2.36. The Balaban J connectivity index is 2.01. The zero-order valence-corrected chi connectivity index (χ0v) is 12.6. The van der Waals surface area contributed by atoms with Crippen LogP contribution in [0.5, 0.6) is 0 Å². The van der Waals surface area contributed by atoms with Crippen molar-refractivity contribution < 1.29 is 4.79 Å². The van der Waals surface area contributed by atoms with Gasteiger partial charge in [-0.05, 0) is 24.6 Å². The van der Waals surface area contributed by atoms with Crippen molar-refractivity contribution in [1.82, 2.24) is 4.90 Å². The number of nitrogen functional groups attached to an aromatic ring is 1. The number of hydrogen-bond acceptors (Lipinski definition) is 4. The normalized spacial score (nSPS) is 19.3. The van der Waals surface area contributed by atoms with Crippen LogP contribution in [-0.4, -0.2) is 29.9 Å². The first-order chi connectivity index (χ1) is 9.06. The number of benzene rings is 1. The molecule has 4 N–H and O–H groups in total. The Morgan fingerprint density at radius 2 is 2.26 bits per heavy atom. The second-order valence-electron chi connectivity index (χ2n) is 4.79. The first-order valence-electron chi connectivity index (χ1n) is 6.08. The number of carbonyl (C=O) groups excluding carboxylic acids is 1. The summed E-state index contributed by atoms with van der Waals surface area (Å²) in [5.74, 6) is 0.00257. The van der Waals surface area contributed by atoms with E-state index in [1.807, 2.05) is 18.2 Å². The molecule has 1 aromatic carbocycles. The van der Waals surface area contributed by atoms with E-state index in [1.165, 1.54) is 11.3 Å². The van der Waals surface area contributed by atoms with Gasteiger partial charge in [0.15, 0.2) is 0 Å². The number of halogens is 1. The van der Waals surface area contributed by atoms with E-state index >= 15 is 0 Å². The highest BCUT2D eigenvalue weighted by molar-refractivity contribution is 9.10. The molecule has 19 heavy (non-hydrogen) atoms. The smallest absolute Gasteiger partial charge is 0.266 e. The van der Waals surface area contributed by atoms with Crippen LogP contribution in [0.25, 0.3) is 10.1 Å². The number of nitrogens with two attached hydrogens (primary N) is 2.